The van der Waals surface area contributed by atoms with Gasteiger partial charge < -0.3 is 5.32 Å². The quantitative estimate of drug-likeness (QED) is 0.652. The molecule has 1 aromatic carbocycles. The molecular weight excluding hydrogens is 248 g/mol. The molecule has 0 aromatic heterocycles. The van der Waals surface area contributed by atoms with Gasteiger partial charge in [-0.05, 0) is 37.1 Å². The SMILES string of the molecule is CCSC1CCC(Nc2ccc([N+](=O)[O-])cc2)C1. The van der Waals surface area contributed by atoms with Crippen molar-refractivity contribution in [1.82, 2.24) is 0 Å². The molecule has 0 amide bonds. The Balaban J connectivity index is 1.88. The van der Waals surface area contributed by atoms with Crippen LogP contribution < -0.4 is 5.32 Å². The van der Waals surface area contributed by atoms with Crippen LogP contribution >= 0.6 is 11.8 Å². The number of rotatable bonds is 5. The molecule has 0 heterocycles. The van der Waals surface area contributed by atoms with E-state index in [1.807, 2.05) is 11.8 Å². The van der Waals surface area contributed by atoms with Crippen molar-refractivity contribution in [2.75, 3.05) is 11.1 Å². The minimum absolute atomic E-state index is 0.145. The van der Waals surface area contributed by atoms with Gasteiger partial charge in [-0.3, -0.25) is 10.1 Å². The predicted molar refractivity (Wildman–Crippen MR) is 76.3 cm³/mol. The first-order valence-corrected chi connectivity index (χ1v) is 7.36. The Labute approximate surface area is 111 Å². The van der Waals surface area contributed by atoms with E-state index in [2.05, 4.69) is 12.2 Å². The highest BCUT2D eigenvalue weighted by molar-refractivity contribution is 7.99. The zero-order chi connectivity index (χ0) is 13.0. The molecule has 98 valence electrons. The average Bonchev–Trinajstić information content (AvgIpc) is 2.78. The Hall–Kier alpha value is -1.23. The largest absolute Gasteiger partial charge is 0.382 e. The van der Waals surface area contributed by atoms with E-state index >= 15 is 0 Å². The van der Waals surface area contributed by atoms with Crippen molar-refractivity contribution in [2.45, 2.75) is 37.5 Å². The smallest absolute Gasteiger partial charge is 0.269 e. The number of nitro benzene ring substituents is 1. The number of nitrogens with zero attached hydrogens (tertiary/aromatic N) is 1. The van der Waals surface area contributed by atoms with E-state index < -0.39 is 0 Å². The molecule has 18 heavy (non-hydrogen) atoms. The molecule has 0 radical (unpaired) electrons. The normalized spacial score (nSPS) is 22.9. The molecule has 1 saturated carbocycles. The lowest BCUT2D eigenvalue weighted by molar-refractivity contribution is -0.384. The van der Waals surface area contributed by atoms with Crippen LogP contribution in [0.2, 0.25) is 0 Å². The van der Waals surface area contributed by atoms with Crippen LogP contribution in [0.15, 0.2) is 24.3 Å². The standard InChI is InChI=1S/C13H18N2O2S/c1-2-18-13-8-5-11(9-13)14-10-3-6-12(7-4-10)15(16)17/h3-4,6-7,11,13-14H,2,5,8-9H2,1H3. The summed E-state index contributed by atoms with van der Waals surface area (Å²) < 4.78 is 0. The Kier molecular flexibility index (Phi) is 4.47. The van der Waals surface area contributed by atoms with E-state index in [1.165, 1.54) is 25.0 Å². The highest BCUT2D eigenvalue weighted by atomic mass is 32.2. The summed E-state index contributed by atoms with van der Waals surface area (Å²) in [7, 11) is 0. The molecule has 1 aromatic rings. The lowest BCUT2D eigenvalue weighted by Crippen LogP contribution is -2.15. The zero-order valence-electron chi connectivity index (χ0n) is 10.5. The Morgan fingerprint density at radius 3 is 2.72 bits per heavy atom. The van der Waals surface area contributed by atoms with Gasteiger partial charge in [0.2, 0.25) is 0 Å². The van der Waals surface area contributed by atoms with E-state index in [-0.39, 0.29) is 10.6 Å². The van der Waals surface area contributed by atoms with Gasteiger partial charge in [0.05, 0.1) is 4.92 Å². The molecule has 0 bridgehead atoms. The third-order valence-corrected chi connectivity index (χ3v) is 4.47. The zero-order valence-corrected chi connectivity index (χ0v) is 11.3. The van der Waals surface area contributed by atoms with Gasteiger partial charge in [0.15, 0.2) is 0 Å². The summed E-state index contributed by atoms with van der Waals surface area (Å²) in [4.78, 5) is 10.2. The Morgan fingerprint density at radius 2 is 2.11 bits per heavy atom. The predicted octanol–water partition coefficient (Wildman–Crippen LogP) is 3.68. The van der Waals surface area contributed by atoms with E-state index in [0.29, 0.717) is 6.04 Å². The monoisotopic (exact) mass is 266 g/mol. The van der Waals surface area contributed by atoms with E-state index in [9.17, 15) is 10.1 Å². The van der Waals surface area contributed by atoms with Crippen LogP contribution in [0.3, 0.4) is 0 Å². The maximum absolute atomic E-state index is 10.6. The van der Waals surface area contributed by atoms with Gasteiger partial charge in [0, 0.05) is 29.1 Å². The number of nitro groups is 1. The van der Waals surface area contributed by atoms with Crippen LogP contribution in [-0.2, 0) is 0 Å². The maximum Gasteiger partial charge on any atom is 0.269 e. The van der Waals surface area contributed by atoms with Crippen LogP contribution in [-0.4, -0.2) is 22.0 Å². The fourth-order valence-electron chi connectivity index (χ4n) is 2.37. The summed E-state index contributed by atoms with van der Waals surface area (Å²) in [5, 5.41) is 14.8. The number of anilines is 1. The molecule has 5 heteroatoms. The Morgan fingerprint density at radius 1 is 1.39 bits per heavy atom. The highest BCUT2D eigenvalue weighted by Crippen LogP contribution is 2.31. The number of nitrogens with one attached hydrogen (secondary N) is 1. The van der Waals surface area contributed by atoms with Gasteiger partial charge in [0.25, 0.3) is 5.69 Å². The van der Waals surface area contributed by atoms with Crippen molar-refractivity contribution < 1.29 is 4.92 Å². The first-order valence-electron chi connectivity index (χ1n) is 6.31. The van der Waals surface area contributed by atoms with Gasteiger partial charge in [-0.2, -0.15) is 11.8 Å². The second-order valence-corrected chi connectivity index (χ2v) is 6.11. The molecule has 2 atom stereocenters. The highest BCUT2D eigenvalue weighted by Gasteiger charge is 2.24. The van der Waals surface area contributed by atoms with Crippen LogP contribution in [0.4, 0.5) is 11.4 Å². The topological polar surface area (TPSA) is 55.2 Å². The average molecular weight is 266 g/mol. The molecule has 0 saturated heterocycles. The lowest BCUT2D eigenvalue weighted by atomic mass is 10.2. The molecule has 0 spiro atoms. The molecule has 4 nitrogen and oxygen atoms in total. The molecule has 1 aliphatic carbocycles. The third-order valence-electron chi connectivity index (χ3n) is 3.24. The number of benzene rings is 1. The summed E-state index contributed by atoms with van der Waals surface area (Å²) in [5.41, 5.74) is 1.12. The summed E-state index contributed by atoms with van der Waals surface area (Å²) in [6, 6.07) is 7.19. The first kappa shape index (κ1) is 13.2. The van der Waals surface area contributed by atoms with E-state index in [1.54, 1.807) is 24.3 Å². The third kappa shape index (κ3) is 3.38. The van der Waals surface area contributed by atoms with Crippen LogP contribution in [0.5, 0.6) is 0 Å². The summed E-state index contributed by atoms with van der Waals surface area (Å²) in [6.07, 6.45) is 3.65. The molecular formula is C13H18N2O2S. The van der Waals surface area contributed by atoms with Crippen molar-refractivity contribution in [3.05, 3.63) is 34.4 Å². The van der Waals surface area contributed by atoms with Gasteiger partial charge in [0.1, 0.15) is 0 Å². The minimum Gasteiger partial charge on any atom is -0.382 e. The van der Waals surface area contributed by atoms with Crippen molar-refractivity contribution in [1.29, 1.82) is 0 Å². The fraction of sp³-hybridized carbons (Fsp3) is 0.538. The Bertz CT molecular complexity index is 408. The van der Waals surface area contributed by atoms with Crippen molar-refractivity contribution in [2.24, 2.45) is 0 Å². The van der Waals surface area contributed by atoms with Crippen LogP contribution in [0, 0.1) is 10.1 Å². The summed E-state index contributed by atoms with van der Waals surface area (Å²) in [6.45, 7) is 2.20. The summed E-state index contributed by atoms with van der Waals surface area (Å²) >= 11 is 2.03. The molecule has 2 unspecified atom stereocenters. The van der Waals surface area contributed by atoms with Crippen molar-refractivity contribution in [3.63, 3.8) is 0 Å². The molecule has 1 fully saturated rings. The van der Waals surface area contributed by atoms with Crippen LogP contribution in [0.1, 0.15) is 26.2 Å². The number of hydrogen-bond donors (Lipinski definition) is 1. The van der Waals surface area contributed by atoms with Crippen LogP contribution in [0.25, 0.3) is 0 Å². The van der Waals surface area contributed by atoms with Gasteiger partial charge >= 0.3 is 0 Å². The fourth-order valence-corrected chi connectivity index (χ4v) is 3.52. The minimum atomic E-state index is -0.368. The second-order valence-electron chi connectivity index (χ2n) is 4.54. The van der Waals surface area contributed by atoms with E-state index in [4.69, 9.17) is 0 Å². The maximum atomic E-state index is 10.6. The molecule has 0 aliphatic heterocycles. The van der Waals surface area contributed by atoms with Gasteiger partial charge in [-0.15, -0.1) is 0 Å². The van der Waals surface area contributed by atoms with Gasteiger partial charge in [-0.1, -0.05) is 6.92 Å². The first-order chi connectivity index (χ1) is 8.69. The van der Waals surface area contributed by atoms with E-state index in [0.717, 1.165) is 10.9 Å². The lowest BCUT2D eigenvalue weighted by Gasteiger charge is -2.14. The number of thioether (sulfide) groups is 1. The number of hydrogen-bond acceptors (Lipinski definition) is 4. The second kappa shape index (κ2) is 6.09. The summed E-state index contributed by atoms with van der Waals surface area (Å²) in [5.74, 6) is 1.18. The van der Waals surface area contributed by atoms with Crippen molar-refractivity contribution >= 4 is 23.1 Å². The van der Waals surface area contributed by atoms with Gasteiger partial charge in [-0.25, -0.2) is 0 Å². The molecule has 1 N–H and O–H groups in total. The molecule has 2 rings (SSSR count). The number of non-ortho nitro benzene ring substituents is 1. The molecule has 1 aliphatic rings. The van der Waals surface area contributed by atoms with Crippen molar-refractivity contribution in [3.8, 4) is 0 Å².